The van der Waals surface area contributed by atoms with E-state index in [2.05, 4.69) is 0 Å². The van der Waals surface area contributed by atoms with Crippen molar-refractivity contribution >= 4 is 22.1 Å². The van der Waals surface area contributed by atoms with Gasteiger partial charge in [-0.25, -0.2) is 4.79 Å². The molecule has 9 nitrogen and oxygen atoms in total. The number of nitrogens with zero attached hydrogens (tertiary/aromatic N) is 3. The largest absolute Gasteiger partial charge is 0.480 e. The summed E-state index contributed by atoms with van der Waals surface area (Å²) < 4.78 is 33.8. The molecule has 0 radical (unpaired) electrons. The molecule has 2 atom stereocenters. The van der Waals surface area contributed by atoms with Gasteiger partial charge in [-0.15, -0.1) is 0 Å². The van der Waals surface area contributed by atoms with Crippen molar-refractivity contribution in [3.8, 4) is 0 Å². The molecule has 1 saturated heterocycles. The fourth-order valence-corrected chi connectivity index (χ4v) is 5.14. The highest BCUT2D eigenvalue weighted by Crippen LogP contribution is 2.21. The molecule has 2 rings (SSSR count). The number of carboxylic acid groups (broad SMARTS) is 1. The van der Waals surface area contributed by atoms with E-state index in [1.54, 1.807) is 20.8 Å². The zero-order valence-electron chi connectivity index (χ0n) is 18.8. The molecule has 1 aliphatic rings. The highest BCUT2D eigenvalue weighted by molar-refractivity contribution is 7.86. The summed E-state index contributed by atoms with van der Waals surface area (Å²) in [6.07, 6.45) is -0.170. The molecule has 1 aromatic rings. The van der Waals surface area contributed by atoms with Gasteiger partial charge in [-0.1, -0.05) is 51.1 Å². The maximum Gasteiger partial charge on any atom is 0.326 e. The smallest absolute Gasteiger partial charge is 0.326 e. The summed E-state index contributed by atoms with van der Waals surface area (Å²) in [5.74, 6) is -2.44. The normalized spacial score (nSPS) is 17.4. The van der Waals surface area contributed by atoms with Gasteiger partial charge in [0.15, 0.2) is 0 Å². The van der Waals surface area contributed by atoms with Crippen molar-refractivity contribution in [2.24, 2.45) is 11.8 Å². The lowest BCUT2D eigenvalue weighted by atomic mass is 10.0. The van der Waals surface area contributed by atoms with Crippen molar-refractivity contribution in [2.75, 3.05) is 33.7 Å². The number of benzene rings is 1. The Bertz CT molecular complexity index is 855. The molecule has 0 spiro atoms. The summed E-state index contributed by atoms with van der Waals surface area (Å²) in [5, 5.41) is 9.39. The van der Waals surface area contributed by atoms with E-state index in [1.165, 1.54) is 23.3 Å². The summed E-state index contributed by atoms with van der Waals surface area (Å²) in [7, 11) is -0.860. The van der Waals surface area contributed by atoms with Crippen LogP contribution in [0.3, 0.4) is 0 Å². The number of carbonyl (C=O) groups excluding carboxylic acids is 1. The van der Waals surface area contributed by atoms with E-state index in [1.807, 2.05) is 30.3 Å². The predicted molar refractivity (Wildman–Crippen MR) is 116 cm³/mol. The molecular weight excluding hydrogens is 422 g/mol. The third-order valence-corrected chi connectivity index (χ3v) is 7.35. The van der Waals surface area contributed by atoms with Crippen LogP contribution in [0.5, 0.6) is 0 Å². The van der Waals surface area contributed by atoms with Gasteiger partial charge in [0.05, 0.1) is 12.7 Å². The molecule has 0 aliphatic carbocycles. The molecule has 1 amide bonds. The summed E-state index contributed by atoms with van der Waals surface area (Å²) >= 11 is 0. The average Bonchev–Trinajstić information content (AvgIpc) is 2.65. The lowest BCUT2D eigenvalue weighted by Gasteiger charge is -2.40. The molecule has 1 aromatic carbocycles. The number of hydrogen-bond acceptors (Lipinski definition) is 5. The van der Waals surface area contributed by atoms with Crippen molar-refractivity contribution < 1.29 is 27.9 Å². The number of likely N-dealkylation sites (N-methyl/N-ethyl adjacent to an activating group) is 1. The van der Waals surface area contributed by atoms with Gasteiger partial charge in [0.25, 0.3) is 10.2 Å². The van der Waals surface area contributed by atoms with Crippen LogP contribution in [0.15, 0.2) is 30.3 Å². The molecule has 31 heavy (non-hydrogen) atoms. The number of ether oxygens (including phenoxy) is 1. The van der Waals surface area contributed by atoms with E-state index in [9.17, 15) is 23.1 Å². The van der Waals surface area contributed by atoms with E-state index in [0.29, 0.717) is 6.61 Å². The number of hydrogen-bond donors (Lipinski definition) is 1. The van der Waals surface area contributed by atoms with Gasteiger partial charge >= 0.3 is 5.97 Å². The van der Waals surface area contributed by atoms with Crippen LogP contribution >= 0.6 is 0 Å². The molecule has 174 valence electrons. The van der Waals surface area contributed by atoms with Crippen LogP contribution in [0, 0.1) is 11.8 Å². The van der Waals surface area contributed by atoms with Crippen LogP contribution < -0.4 is 0 Å². The Hall–Kier alpha value is -2.01. The standard InChI is InChI=1S/C21H33N3O6S/c1-15(2)19(21(26)27)23(5)20(25)16(3)11-22(4)31(28,29)24-12-18(13-24)30-14-17-9-7-6-8-10-17/h6-10,15-16,18-19H,11-14H2,1-5H3,(H,26,27)/t16-,19-/m0/s1. The molecular formula is C21H33N3O6S. The van der Waals surface area contributed by atoms with Crippen LogP contribution in [-0.4, -0.2) is 84.8 Å². The third-order valence-electron chi connectivity index (χ3n) is 5.47. The van der Waals surface area contributed by atoms with Crippen molar-refractivity contribution in [1.29, 1.82) is 0 Å². The summed E-state index contributed by atoms with van der Waals surface area (Å²) in [5.41, 5.74) is 1.03. The first-order valence-corrected chi connectivity index (χ1v) is 11.7. The molecule has 1 fully saturated rings. The van der Waals surface area contributed by atoms with Gasteiger partial charge in [0.1, 0.15) is 6.04 Å². The Kier molecular flexibility index (Phi) is 8.58. The van der Waals surface area contributed by atoms with Gasteiger partial charge < -0.3 is 14.7 Å². The van der Waals surface area contributed by atoms with Crippen LogP contribution in [0.1, 0.15) is 26.3 Å². The molecule has 0 unspecified atom stereocenters. The number of amides is 1. The van der Waals surface area contributed by atoms with Gasteiger partial charge in [0, 0.05) is 39.6 Å². The summed E-state index contributed by atoms with van der Waals surface area (Å²) in [4.78, 5) is 25.4. The number of aliphatic carboxylic acids is 1. The van der Waals surface area contributed by atoms with Crippen LogP contribution in [0.4, 0.5) is 0 Å². The first kappa shape index (κ1) is 25.3. The van der Waals surface area contributed by atoms with E-state index >= 15 is 0 Å². The highest BCUT2D eigenvalue weighted by atomic mass is 32.2. The second-order valence-corrected chi connectivity index (χ2v) is 10.4. The van der Waals surface area contributed by atoms with E-state index in [4.69, 9.17) is 4.74 Å². The highest BCUT2D eigenvalue weighted by Gasteiger charge is 2.40. The lowest BCUT2D eigenvalue weighted by Crippen LogP contribution is -2.58. The Morgan fingerprint density at radius 3 is 2.26 bits per heavy atom. The second kappa shape index (κ2) is 10.5. The zero-order valence-corrected chi connectivity index (χ0v) is 19.6. The number of rotatable bonds is 11. The lowest BCUT2D eigenvalue weighted by molar-refractivity contribution is -0.152. The summed E-state index contributed by atoms with van der Waals surface area (Å²) in [6.45, 7) is 5.96. The maximum absolute atomic E-state index is 12.8. The van der Waals surface area contributed by atoms with Gasteiger partial charge in [0.2, 0.25) is 5.91 Å². The minimum absolute atomic E-state index is 0.0397. The SMILES string of the molecule is CC(C)[C@@H](C(=O)O)N(C)C(=O)[C@@H](C)CN(C)S(=O)(=O)N1CC(OCc2ccccc2)C1. The monoisotopic (exact) mass is 455 g/mol. The van der Waals surface area contributed by atoms with Crippen molar-refractivity contribution in [3.63, 3.8) is 0 Å². The first-order chi connectivity index (χ1) is 14.4. The van der Waals surface area contributed by atoms with Gasteiger partial charge in [-0.2, -0.15) is 17.0 Å². The Labute approximate surface area is 184 Å². The fourth-order valence-electron chi connectivity index (χ4n) is 3.62. The molecule has 0 aromatic heterocycles. The molecule has 1 heterocycles. The minimum atomic E-state index is -3.73. The predicted octanol–water partition coefficient (Wildman–Crippen LogP) is 1.27. The van der Waals surface area contributed by atoms with Crippen molar-refractivity contribution in [1.82, 2.24) is 13.5 Å². The third kappa shape index (κ3) is 6.25. The molecule has 10 heteroatoms. The minimum Gasteiger partial charge on any atom is -0.480 e. The van der Waals surface area contributed by atoms with E-state index < -0.39 is 34.0 Å². The molecule has 0 bridgehead atoms. The molecule has 1 aliphatic heterocycles. The molecule has 0 saturated carbocycles. The van der Waals surface area contributed by atoms with Gasteiger partial charge in [-0.3, -0.25) is 4.79 Å². The Morgan fingerprint density at radius 2 is 1.74 bits per heavy atom. The quantitative estimate of drug-likeness (QED) is 0.538. The van der Waals surface area contributed by atoms with Gasteiger partial charge in [-0.05, 0) is 11.5 Å². The van der Waals surface area contributed by atoms with Crippen LogP contribution in [0.2, 0.25) is 0 Å². The van der Waals surface area contributed by atoms with E-state index in [0.717, 1.165) is 9.87 Å². The van der Waals surface area contributed by atoms with E-state index in [-0.39, 0.29) is 31.7 Å². The second-order valence-electron chi connectivity index (χ2n) is 8.40. The molecule has 1 N–H and O–H groups in total. The fraction of sp³-hybridized carbons (Fsp3) is 0.619. The van der Waals surface area contributed by atoms with Crippen LogP contribution in [0.25, 0.3) is 0 Å². The topological polar surface area (TPSA) is 107 Å². The number of carbonyl (C=O) groups is 2. The Morgan fingerprint density at radius 1 is 1.16 bits per heavy atom. The summed E-state index contributed by atoms with van der Waals surface area (Å²) in [6, 6.07) is 8.70. The van der Waals surface area contributed by atoms with Crippen LogP contribution in [-0.2, 0) is 31.1 Å². The zero-order chi connectivity index (χ0) is 23.3. The Balaban J connectivity index is 1.87. The number of carboxylic acids is 1. The maximum atomic E-state index is 12.8. The van der Waals surface area contributed by atoms with Crippen molar-refractivity contribution in [2.45, 2.75) is 39.5 Å². The average molecular weight is 456 g/mol. The van der Waals surface area contributed by atoms with Crippen molar-refractivity contribution in [3.05, 3.63) is 35.9 Å². The first-order valence-electron chi connectivity index (χ1n) is 10.3.